The molecule has 0 aromatic carbocycles. The highest BCUT2D eigenvalue weighted by Crippen LogP contribution is 2.33. The van der Waals surface area contributed by atoms with Crippen LogP contribution >= 0.6 is 44.9 Å². The van der Waals surface area contributed by atoms with E-state index in [-0.39, 0.29) is 8.59 Å². The van der Waals surface area contributed by atoms with Gasteiger partial charge in [-0.25, -0.2) is 22.2 Å². The van der Waals surface area contributed by atoms with Crippen molar-refractivity contribution in [2.45, 2.75) is 11.5 Å². The zero-order chi connectivity index (χ0) is 11.8. The average Bonchev–Trinajstić information content (AvgIpc) is 2.06. The van der Waals surface area contributed by atoms with Gasteiger partial charge in [0.1, 0.15) is 0 Å². The van der Waals surface area contributed by atoms with Crippen molar-refractivity contribution in [3.8, 4) is 0 Å². The Kier molecular flexibility index (Phi) is 4.13. The Labute approximate surface area is 107 Å². The van der Waals surface area contributed by atoms with Crippen LogP contribution in [0.15, 0.2) is 11.2 Å². The van der Waals surface area contributed by atoms with Gasteiger partial charge >= 0.3 is 0 Å². The van der Waals surface area contributed by atoms with Gasteiger partial charge in [-0.1, -0.05) is 11.6 Å². The second-order valence-electron chi connectivity index (χ2n) is 2.39. The Morgan fingerprint density at radius 3 is 2.40 bits per heavy atom. The van der Waals surface area contributed by atoms with Crippen LogP contribution in [0.25, 0.3) is 0 Å². The maximum absolute atomic E-state index is 12.3. The van der Waals surface area contributed by atoms with E-state index in [1.807, 2.05) is 0 Å². The molecule has 1 aromatic heterocycles. The van der Waals surface area contributed by atoms with E-state index < -0.39 is 26.1 Å². The zero-order valence-electron chi connectivity index (χ0n) is 6.72. The summed E-state index contributed by atoms with van der Waals surface area (Å²) in [6.07, 6.45) is -2.12. The maximum Gasteiger partial charge on any atom is 0.279 e. The molecule has 0 amide bonds. The molecule has 0 aliphatic carbocycles. The smallest absolute Gasteiger partial charge is 0.242 e. The average molecular weight is 388 g/mol. The minimum absolute atomic E-state index is 0.109. The molecule has 0 N–H and O–H groups in total. The van der Waals surface area contributed by atoms with Crippen LogP contribution < -0.4 is 0 Å². The Balaban J connectivity index is 3.48. The molecule has 0 aliphatic heterocycles. The molecule has 15 heavy (non-hydrogen) atoms. The summed E-state index contributed by atoms with van der Waals surface area (Å²) < 4.78 is 46.4. The van der Waals surface area contributed by atoms with Gasteiger partial charge < -0.3 is 0 Å². The molecule has 9 heteroatoms. The minimum Gasteiger partial charge on any atom is -0.242 e. The van der Waals surface area contributed by atoms with Crippen LogP contribution in [0.1, 0.15) is 12.0 Å². The zero-order valence-corrected chi connectivity index (χ0v) is 11.2. The van der Waals surface area contributed by atoms with Gasteiger partial charge in [0.25, 0.3) is 15.5 Å². The van der Waals surface area contributed by atoms with E-state index in [0.717, 1.165) is 0 Å². The molecule has 0 spiro atoms. The number of halogens is 5. The quantitative estimate of drug-likeness (QED) is 0.578. The van der Waals surface area contributed by atoms with Crippen LogP contribution in [0.4, 0.5) is 8.78 Å². The highest BCUT2D eigenvalue weighted by atomic mass is 127. The first kappa shape index (κ1) is 13.3. The molecular weight excluding hydrogens is 386 g/mol. The van der Waals surface area contributed by atoms with Crippen molar-refractivity contribution in [1.82, 2.24) is 4.98 Å². The lowest BCUT2D eigenvalue weighted by Crippen LogP contribution is -2.02. The topological polar surface area (TPSA) is 47.0 Å². The van der Waals surface area contributed by atoms with E-state index in [9.17, 15) is 17.2 Å². The van der Waals surface area contributed by atoms with Crippen LogP contribution in [-0.2, 0) is 9.05 Å². The Hall–Kier alpha value is 0.270. The second-order valence-corrected chi connectivity index (χ2v) is 6.32. The molecule has 0 radical (unpaired) electrons. The fourth-order valence-corrected chi connectivity index (χ4v) is 3.62. The first-order valence-corrected chi connectivity index (χ1v) is 7.08. The largest absolute Gasteiger partial charge is 0.279 e. The summed E-state index contributed by atoms with van der Waals surface area (Å²) >= 11 is 7.05. The third-order valence-corrected chi connectivity index (χ3v) is 4.77. The van der Waals surface area contributed by atoms with Crippen molar-refractivity contribution in [2.24, 2.45) is 0 Å². The monoisotopic (exact) mass is 387 g/mol. The lowest BCUT2D eigenvalue weighted by molar-refractivity contribution is 0.151. The second kappa shape index (κ2) is 4.64. The third kappa shape index (κ3) is 2.89. The number of nitrogens with zero attached hydrogens (tertiary/aromatic N) is 1. The van der Waals surface area contributed by atoms with E-state index >= 15 is 0 Å². The Bertz CT molecular complexity index is 494. The number of aromatic nitrogens is 1. The highest BCUT2D eigenvalue weighted by Gasteiger charge is 2.23. The summed E-state index contributed by atoms with van der Waals surface area (Å²) in [6.45, 7) is 0. The van der Waals surface area contributed by atoms with Crippen LogP contribution in [0, 0.1) is 3.57 Å². The van der Waals surface area contributed by atoms with Crippen molar-refractivity contribution < 1.29 is 17.2 Å². The van der Waals surface area contributed by atoms with Gasteiger partial charge in [0.2, 0.25) is 0 Å². The summed E-state index contributed by atoms with van der Waals surface area (Å²) in [7, 11) is 0.952. The maximum atomic E-state index is 12.3. The van der Waals surface area contributed by atoms with Gasteiger partial charge in [0.15, 0.2) is 5.03 Å². The molecule has 0 fully saturated rings. The van der Waals surface area contributed by atoms with E-state index in [2.05, 4.69) is 4.98 Å². The fourth-order valence-electron chi connectivity index (χ4n) is 0.784. The number of pyridine rings is 1. The number of hydrogen-bond donors (Lipinski definition) is 0. The molecular formula is C6H2Cl2F2INO2S. The minimum atomic E-state index is -4.07. The molecule has 0 saturated carbocycles. The molecule has 0 unspecified atom stereocenters. The van der Waals surface area contributed by atoms with Gasteiger partial charge in [0.05, 0.1) is 14.2 Å². The molecule has 0 saturated heterocycles. The van der Waals surface area contributed by atoms with E-state index in [1.165, 1.54) is 22.6 Å². The van der Waals surface area contributed by atoms with E-state index in [0.29, 0.717) is 6.20 Å². The van der Waals surface area contributed by atoms with Gasteiger partial charge in [-0.3, -0.25) is 0 Å². The Morgan fingerprint density at radius 1 is 1.47 bits per heavy atom. The first-order valence-electron chi connectivity index (χ1n) is 3.32. The molecule has 1 rings (SSSR count). The predicted molar refractivity (Wildman–Crippen MR) is 60.0 cm³/mol. The van der Waals surface area contributed by atoms with E-state index in [4.69, 9.17) is 22.3 Å². The van der Waals surface area contributed by atoms with Crippen molar-refractivity contribution in [1.29, 1.82) is 0 Å². The predicted octanol–water partition coefficient (Wildman–Crippen LogP) is 3.20. The standard InChI is InChI=1S/C6H2Cl2F2INO2S/c7-3-2(5(9)10)1-12-6(4(3)11)15(8,13)14/h1,5H. The molecule has 0 bridgehead atoms. The molecule has 0 aliphatic rings. The highest BCUT2D eigenvalue weighted by molar-refractivity contribution is 14.1. The number of hydrogen-bond acceptors (Lipinski definition) is 3. The summed E-state index contributed by atoms with van der Waals surface area (Å²) in [4.78, 5) is 3.34. The van der Waals surface area contributed by atoms with Crippen molar-refractivity contribution >= 4 is 53.9 Å². The van der Waals surface area contributed by atoms with Crippen LogP contribution in [0.5, 0.6) is 0 Å². The van der Waals surface area contributed by atoms with Gasteiger partial charge in [-0.2, -0.15) is 0 Å². The van der Waals surface area contributed by atoms with Crippen molar-refractivity contribution in [3.05, 3.63) is 20.4 Å². The van der Waals surface area contributed by atoms with Crippen LogP contribution in [0.2, 0.25) is 5.02 Å². The summed E-state index contributed by atoms with van der Waals surface area (Å²) in [5.41, 5.74) is -0.523. The molecule has 84 valence electrons. The van der Waals surface area contributed by atoms with Gasteiger partial charge in [-0.05, 0) is 22.6 Å². The Morgan fingerprint density at radius 2 is 2.00 bits per heavy atom. The molecule has 0 atom stereocenters. The van der Waals surface area contributed by atoms with Gasteiger partial charge in [-0.15, -0.1) is 0 Å². The van der Waals surface area contributed by atoms with Crippen molar-refractivity contribution in [2.75, 3.05) is 0 Å². The normalized spacial score (nSPS) is 12.1. The van der Waals surface area contributed by atoms with Crippen LogP contribution in [-0.4, -0.2) is 13.4 Å². The fraction of sp³-hybridized carbons (Fsp3) is 0.167. The number of alkyl halides is 2. The van der Waals surface area contributed by atoms with Gasteiger partial charge in [0, 0.05) is 16.9 Å². The van der Waals surface area contributed by atoms with Crippen LogP contribution in [0.3, 0.4) is 0 Å². The number of rotatable bonds is 2. The van der Waals surface area contributed by atoms with E-state index in [1.54, 1.807) is 0 Å². The lowest BCUT2D eigenvalue weighted by atomic mass is 10.3. The molecule has 1 heterocycles. The summed E-state index contributed by atoms with van der Waals surface area (Å²) in [5, 5.41) is -0.862. The lowest BCUT2D eigenvalue weighted by Gasteiger charge is -2.06. The summed E-state index contributed by atoms with van der Waals surface area (Å²) in [5.74, 6) is 0. The third-order valence-electron chi connectivity index (χ3n) is 1.42. The molecule has 1 aromatic rings. The van der Waals surface area contributed by atoms with Crippen molar-refractivity contribution in [3.63, 3.8) is 0 Å². The summed E-state index contributed by atoms with van der Waals surface area (Å²) in [6, 6.07) is 0. The molecule has 3 nitrogen and oxygen atoms in total. The SMILES string of the molecule is O=S(=O)(Cl)c1ncc(C(F)F)c(Cl)c1I. The first-order chi connectivity index (χ1) is 6.75.